The van der Waals surface area contributed by atoms with Gasteiger partial charge in [0.05, 0.1) is 0 Å². The van der Waals surface area contributed by atoms with Crippen LogP contribution in [0.5, 0.6) is 0 Å². The van der Waals surface area contributed by atoms with Gasteiger partial charge in [0, 0.05) is 8.07 Å². The van der Waals surface area contributed by atoms with Gasteiger partial charge in [0.25, 0.3) is 0 Å². The summed E-state index contributed by atoms with van der Waals surface area (Å²) < 4.78 is 0. The van der Waals surface area contributed by atoms with Gasteiger partial charge >= 0.3 is 21.7 Å². The van der Waals surface area contributed by atoms with E-state index in [-0.39, 0.29) is 64.4 Å². The Hall–Kier alpha value is 0.501. The first-order valence-corrected chi connectivity index (χ1v) is 11.8. The van der Waals surface area contributed by atoms with Crippen LogP contribution in [-0.2, 0) is 21.7 Å². The molecule has 0 aliphatic heterocycles. The maximum absolute atomic E-state index is 3.69. The molecular formula is C22H33Cl3SiTi. The third kappa shape index (κ3) is 7.68. The van der Waals surface area contributed by atoms with Crippen molar-refractivity contribution in [1.29, 1.82) is 0 Å². The molecule has 0 fully saturated rings. The zero-order chi connectivity index (χ0) is 17.3. The van der Waals surface area contributed by atoms with E-state index in [0.29, 0.717) is 0 Å². The number of aryl methyl sites for hydroxylation is 2. The average molecular weight is 480 g/mol. The van der Waals surface area contributed by atoms with E-state index in [4.69, 9.17) is 0 Å². The summed E-state index contributed by atoms with van der Waals surface area (Å²) in [6.07, 6.45) is 9.77. The summed E-state index contributed by atoms with van der Waals surface area (Å²) in [7, 11) is -1.69. The predicted molar refractivity (Wildman–Crippen MR) is 106 cm³/mol. The molecule has 0 amide bonds. The molecule has 5 heteroatoms. The van der Waals surface area contributed by atoms with Gasteiger partial charge < -0.3 is 37.2 Å². The van der Waals surface area contributed by atoms with Crippen molar-refractivity contribution in [2.75, 3.05) is 0 Å². The molecule has 150 valence electrons. The SMILES string of the molecule is CCCC[Si](C)(C1=CC[C-]=C1C(C)(C)C)c1cc(C)cc(C)c1.[Cl-].[Cl-].[Cl-].[Ti+4]. The van der Waals surface area contributed by atoms with Crippen LogP contribution in [0.3, 0.4) is 0 Å². The van der Waals surface area contributed by atoms with Crippen LogP contribution in [0.2, 0.25) is 12.6 Å². The van der Waals surface area contributed by atoms with Gasteiger partial charge in [-0.25, -0.2) is 5.57 Å². The van der Waals surface area contributed by atoms with Gasteiger partial charge in [-0.3, -0.25) is 6.08 Å². The minimum atomic E-state index is -1.69. The van der Waals surface area contributed by atoms with Crippen molar-refractivity contribution in [2.24, 2.45) is 5.41 Å². The van der Waals surface area contributed by atoms with Crippen LogP contribution >= 0.6 is 0 Å². The Morgan fingerprint density at radius 3 is 1.96 bits per heavy atom. The van der Waals surface area contributed by atoms with Gasteiger partial charge in [-0.05, 0) is 19.3 Å². The number of allylic oxidation sites excluding steroid dienone is 4. The third-order valence-corrected chi connectivity index (χ3v) is 9.65. The summed E-state index contributed by atoms with van der Waals surface area (Å²) in [6.45, 7) is 16.4. The summed E-state index contributed by atoms with van der Waals surface area (Å²) in [5.74, 6) is 0. The molecule has 0 saturated carbocycles. The van der Waals surface area contributed by atoms with E-state index in [1.807, 2.05) is 0 Å². The van der Waals surface area contributed by atoms with Crippen LogP contribution < -0.4 is 42.4 Å². The molecular weight excluding hydrogens is 447 g/mol. The molecule has 1 unspecified atom stereocenters. The molecule has 0 heterocycles. The fourth-order valence-corrected chi connectivity index (χ4v) is 8.47. The van der Waals surface area contributed by atoms with E-state index in [0.717, 1.165) is 6.42 Å². The van der Waals surface area contributed by atoms with E-state index < -0.39 is 8.07 Å². The standard InChI is InChI=1S/C22H33Si.3ClH.Ti/c1-8-9-13-23(7,19-15-17(2)14-18(3)16-19)21-12-10-11-20(21)22(4,5)6;;;;/h12,14-16H,8-10,13H2,1-7H3;3*1H;/q-1;;;;+4/p-3. The predicted octanol–water partition coefficient (Wildman–Crippen LogP) is -2.96. The van der Waals surface area contributed by atoms with Gasteiger partial charge in [-0.2, -0.15) is 11.3 Å². The maximum atomic E-state index is 3.69. The number of benzene rings is 1. The fourth-order valence-electron chi connectivity index (χ4n) is 3.88. The minimum absolute atomic E-state index is 0. The van der Waals surface area contributed by atoms with Crippen LogP contribution in [-0.4, -0.2) is 8.07 Å². The van der Waals surface area contributed by atoms with Crippen LogP contribution in [0, 0.1) is 25.3 Å². The zero-order valence-corrected chi connectivity index (χ0v) is 22.6. The quantitative estimate of drug-likeness (QED) is 0.313. The van der Waals surface area contributed by atoms with E-state index in [1.165, 1.54) is 35.6 Å². The number of hydrogen-bond donors (Lipinski definition) is 0. The van der Waals surface area contributed by atoms with Crippen molar-refractivity contribution in [3.05, 3.63) is 52.2 Å². The van der Waals surface area contributed by atoms with Crippen molar-refractivity contribution < 1.29 is 58.9 Å². The van der Waals surface area contributed by atoms with Crippen LogP contribution in [0.15, 0.2) is 35.0 Å². The third-order valence-electron chi connectivity index (χ3n) is 5.09. The van der Waals surface area contributed by atoms with Crippen molar-refractivity contribution in [2.45, 2.75) is 73.4 Å². The molecule has 27 heavy (non-hydrogen) atoms. The zero-order valence-electron chi connectivity index (χ0n) is 17.8. The molecule has 0 saturated heterocycles. The average Bonchev–Trinajstić information content (AvgIpc) is 2.93. The van der Waals surface area contributed by atoms with Crippen LogP contribution in [0.4, 0.5) is 0 Å². The smallest absolute Gasteiger partial charge is 1.00 e. The molecule has 0 bridgehead atoms. The number of rotatable bonds is 5. The molecule has 0 nitrogen and oxygen atoms in total. The molecule has 0 radical (unpaired) electrons. The second kappa shape index (κ2) is 12.9. The second-order valence-corrected chi connectivity index (χ2v) is 12.7. The summed E-state index contributed by atoms with van der Waals surface area (Å²) >= 11 is 0. The van der Waals surface area contributed by atoms with E-state index in [1.54, 1.807) is 10.4 Å². The van der Waals surface area contributed by atoms with Gasteiger partial charge in [-0.15, -0.1) is 6.42 Å². The molecule has 2 rings (SSSR count). The van der Waals surface area contributed by atoms with Crippen molar-refractivity contribution in [3.63, 3.8) is 0 Å². The minimum Gasteiger partial charge on any atom is -1.00 e. The van der Waals surface area contributed by atoms with E-state index in [2.05, 4.69) is 78.4 Å². The molecule has 1 aliphatic carbocycles. The largest absolute Gasteiger partial charge is 4.00 e. The van der Waals surface area contributed by atoms with Crippen molar-refractivity contribution in [3.8, 4) is 0 Å². The molecule has 0 aromatic heterocycles. The summed E-state index contributed by atoms with van der Waals surface area (Å²) in [4.78, 5) is 0. The molecule has 1 atom stereocenters. The molecule has 1 aliphatic rings. The van der Waals surface area contributed by atoms with Crippen LogP contribution in [0.25, 0.3) is 0 Å². The number of halogens is 3. The Morgan fingerprint density at radius 1 is 1.00 bits per heavy atom. The summed E-state index contributed by atoms with van der Waals surface area (Å²) in [5.41, 5.74) is 4.49. The first-order chi connectivity index (χ1) is 10.7. The Bertz CT molecular complexity index is 627. The monoisotopic (exact) mass is 478 g/mol. The summed E-state index contributed by atoms with van der Waals surface area (Å²) in [6, 6.07) is 8.55. The first kappa shape index (κ1) is 32.2. The summed E-state index contributed by atoms with van der Waals surface area (Å²) in [5, 5.41) is 3.27. The Labute approximate surface area is 202 Å². The van der Waals surface area contributed by atoms with Gasteiger partial charge in [-0.1, -0.05) is 87.6 Å². The Morgan fingerprint density at radius 2 is 1.52 bits per heavy atom. The Kier molecular flexibility index (Phi) is 15.4. The van der Waals surface area contributed by atoms with Crippen LogP contribution in [0.1, 0.15) is 58.1 Å². The maximum Gasteiger partial charge on any atom is 4.00 e. The molecule has 1 aromatic carbocycles. The van der Waals surface area contributed by atoms with Gasteiger partial charge in [0.1, 0.15) is 0 Å². The van der Waals surface area contributed by atoms with E-state index >= 15 is 0 Å². The van der Waals surface area contributed by atoms with E-state index in [9.17, 15) is 0 Å². The molecule has 0 spiro atoms. The Balaban J connectivity index is -0.00000144. The second-order valence-electron chi connectivity index (χ2n) is 8.44. The number of hydrogen-bond acceptors (Lipinski definition) is 0. The number of unbranched alkanes of at least 4 members (excludes halogenated alkanes) is 1. The van der Waals surface area contributed by atoms with Gasteiger partial charge in [0.2, 0.25) is 0 Å². The molecule has 1 aromatic rings. The first-order valence-electron chi connectivity index (χ1n) is 9.09. The van der Waals surface area contributed by atoms with Crippen molar-refractivity contribution >= 4 is 13.3 Å². The van der Waals surface area contributed by atoms with Gasteiger partial charge in [0.15, 0.2) is 0 Å². The van der Waals surface area contributed by atoms with Crippen molar-refractivity contribution in [1.82, 2.24) is 0 Å². The molecule has 0 N–H and O–H groups in total. The normalized spacial score (nSPS) is 15.1. The fraction of sp³-hybridized carbons (Fsp3) is 0.545. The topological polar surface area (TPSA) is 0 Å².